The van der Waals surface area contributed by atoms with Crippen molar-refractivity contribution in [3.63, 3.8) is 0 Å². The molecule has 116 valence electrons. The largest absolute Gasteiger partial charge is 0.461 e. The van der Waals surface area contributed by atoms with Gasteiger partial charge in [-0.2, -0.15) is 0 Å². The number of nitrogens with zero attached hydrogens (tertiary/aromatic N) is 1. The van der Waals surface area contributed by atoms with Crippen molar-refractivity contribution >= 4 is 28.8 Å². The van der Waals surface area contributed by atoms with Gasteiger partial charge in [0.25, 0.3) is 0 Å². The zero-order chi connectivity index (χ0) is 15.5. The third-order valence-electron chi connectivity index (χ3n) is 4.14. The number of hydrogen-bond acceptors (Lipinski definition) is 4. The van der Waals surface area contributed by atoms with Crippen molar-refractivity contribution in [3.8, 4) is 0 Å². The molecule has 1 saturated heterocycles. The zero-order valence-electron chi connectivity index (χ0n) is 12.7. The number of piperidine rings is 1. The number of anilines is 1. The molecule has 0 amide bonds. The van der Waals surface area contributed by atoms with E-state index < -0.39 is 5.97 Å². The maximum Gasteiger partial charge on any atom is 0.355 e. The Labute approximate surface area is 129 Å². The van der Waals surface area contributed by atoms with E-state index in [1.807, 2.05) is 18.2 Å². The molecule has 0 saturated carbocycles. The van der Waals surface area contributed by atoms with E-state index in [4.69, 9.17) is 4.74 Å². The Morgan fingerprint density at radius 1 is 1.32 bits per heavy atom. The quantitative estimate of drug-likeness (QED) is 0.696. The number of ether oxygens (including phenoxy) is 1. The summed E-state index contributed by atoms with van der Waals surface area (Å²) in [4.78, 5) is 28.7. The molecule has 0 spiro atoms. The van der Waals surface area contributed by atoms with E-state index in [2.05, 4.69) is 9.88 Å². The van der Waals surface area contributed by atoms with Crippen molar-refractivity contribution < 1.29 is 14.3 Å². The molecule has 3 rings (SSSR count). The summed E-state index contributed by atoms with van der Waals surface area (Å²) in [7, 11) is 0. The highest BCUT2D eigenvalue weighted by molar-refractivity contribution is 6.08. The van der Waals surface area contributed by atoms with Gasteiger partial charge in [0.1, 0.15) is 5.69 Å². The molecular formula is C17H20N2O3. The molecular weight excluding hydrogens is 280 g/mol. The fraction of sp³-hybridized carbons (Fsp3) is 0.412. The number of hydrogen-bond donors (Lipinski definition) is 1. The smallest absolute Gasteiger partial charge is 0.355 e. The third kappa shape index (κ3) is 2.58. The van der Waals surface area contributed by atoms with Crippen LogP contribution in [0.15, 0.2) is 18.2 Å². The lowest BCUT2D eigenvalue weighted by Crippen LogP contribution is -2.29. The average Bonchev–Trinajstić information content (AvgIpc) is 2.93. The molecule has 0 bridgehead atoms. The van der Waals surface area contributed by atoms with Crippen molar-refractivity contribution in [3.05, 3.63) is 29.5 Å². The summed E-state index contributed by atoms with van der Waals surface area (Å²) in [5, 5.41) is 0.779. The highest BCUT2D eigenvalue weighted by Gasteiger charge is 2.20. The Hall–Kier alpha value is -2.30. The predicted octanol–water partition coefficient (Wildman–Crippen LogP) is 3.15. The van der Waals surface area contributed by atoms with Gasteiger partial charge in [-0.3, -0.25) is 4.79 Å². The number of nitrogens with one attached hydrogen (secondary N) is 1. The first kappa shape index (κ1) is 14.6. The number of aromatic nitrogens is 1. The van der Waals surface area contributed by atoms with Crippen LogP contribution >= 0.6 is 0 Å². The summed E-state index contributed by atoms with van der Waals surface area (Å²) >= 11 is 0. The van der Waals surface area contributed by atoms with Crippen molar-refractivity contribution in [2.75, 3.05) is 24.6 Å². The van der Waals surface area contributed by atoms with Gasteiger partial charge in [-0.25, -0.2) is 4.79 Å². The number of esters is 1. The molecule has 0 aliphatic carbocycles. The van der Waals surface area contributed by atoms with Crippen LogP contribution in [0.3, 0.4) is 0 Å². The minimum absolute atomic E-state index is 0.239. The van der Waals surface area contributed by atoms with Crippen molar-refractivity contribution in [1.82, 2.24) is 4.98 Å². The zero-order valence-corrected chi connectivity index (χ0v) is 12.7. The van der Waals surface area contributed by atoms with Gasteiger partial charge < -0.3 is 14.6 Å². The lowest BCUT2D eigenvalue weighted by Gasteiger charge is -2.28. The van der Waals surface area contributed by atoms with E-state index in [9.17, 15) is 9.59 Å². The molecule has 0 unspecified atom stereocenters. The van der Waals surface area contributed by atoms with Crippen LogP contribution in [0, 0.1) is 0 Å². The first-order valence-corrected chi connectivity index (χ1v) is 7.77. The van der Waals surface area contributed by atoms with Gasteiger partial charge in [-0.05, 0) is 44.4 Å². The van der Waals surface area contributed by atoms with Crippen LogP contribution in [0.1, 0.15) is 47.0 Å². The maximum absolute atomic E-state index is 12.0. The molecule has 1 aromatic carbocycles. The van der Waals surface area contributed by atoms with Crippen LogP contribution in [0.25, 0.3) is 10.9 Å². The number of fused-ring (bicyclic) bond motifs is 1. The second-order valence-corrected chi connectivity index (χ2v) is 5.53. The van der Waals surface area contributed by atoms with E-state index in [-0.39, 0.29) is 12.3 Å². The van der Waals surface area contributed by atoms with Crippen LogP contribution in [-0.4, -0.2) is 36.9 Å². The Bertz CT molecular complexity index is 699. The molecule has 0 atom stereocenters. The van der Waals surface area contributed by atoms with Gasteiger partial charge in [-0.15, -0.1) is 0 Å². The summed E-state index contributed by atoms with van der Waals surface area (Å²) < 4.78 is 5.01. The second kappa shape index (κ2) is 6.22. The second-order valence-electron chi connectivity index (χ2n) is 5.53. The number of carbonyl (C=O) groups is 2. The molecule has 2 aromatic rings. The van der Waals surface area contributed by atoms with E-state index in [1.54, 1.807) is 6.92 Å². The van der Waals surface area contributed by atoms with Crippen LogP contribution in [0.2, 0.25) is 0 Å². The molecule has 5 heteroatoms. The minimum Gasteiger partial charge on any atom is -0.461 e. The highest BCUT2D eigenvalue weighted by atomic mass is 16.5. The summed E-state index contributed by atoms with van der Waals surface area (Å²) in [6, 6.07) is 5.95. The highest BCUT2D eigenvalue weighted by Crippen LogP contribution is 2.28. The summed E-state index contributed by atoms with van der Waals surface area (Å²) in [5.41, 5.74) is 2.51. The summed E-state index contributed by atoms with van der Waals surface area (Å²) in [6.07, 6.45) is 4.39. The predicted molar refractivity (Wildman–Crippen MR) is 85.7 cm³/mol. The van der Waals surface area contributed by atoms with Crippen molar-refractivity contribution in [1.29, 1.82) is 0 Å². The number of H-pyrrole nitrogens is 1. The number of carbonyl (C=O) groups excluding carboxylic acids is 2. The first-order chi connectivity index (χ1) is 10.7. The van der Waals surface area contributed by atoms with Crippen LogP contribution in [0.4, 0.5) is 5.69 Å². The van der Waals surface area contributed by atoms with Crippen LogP contribution < -0.4 is 4.90 Å². The van der Waals surface area contributed by atoms with Crippen LogP contribution in [-0.2, 0) is 4.74 Å². The molecule has 1 aliphatic rings. The van der Waals surface area contributed by atoms with E-state index >= 15 is 0 Å². The van der Waals surface area contributed by atoms with E-state index in [0.717, 1.165) is 36.0 Å². The van der Waals surface area contributed by atoms with Crippen molar-refractivity contribution in [2.24, 2.45) is 0 Å². The standard InChI is InChI=1S/C17H20N2O3/c1-2-22-17(21)16-14(11-20)13-10-12(6-7-15(13)18-16)19-8-4-3-5-9-19/h6-7,10-11,18H,2-5,8-9H2,1H3. The normalized spacial score (nSPS) is 15.0. The number of rotatable bonds is 4. The molecule has 1 N–H and O–H groups in total. The molecule has 0 radical (unpaired) electrons. The third-order valence-corrected chi connectivity index (χ3v) is 4.14. The van der Waals surface area contributed by atoms with Gasteiger partial charge in [0, 0.05) is 29.7 Å². The molecule has 1 aromatic heterocycles. The van der Waals surface area contributed by atoms with Gasteiger partial charge >= 0.3 is 5.97 Å². The average molecular weight is 300 g/mol. The maximum atomic E-state index is 12.0. The van der Waals surface area contributed by atoms with Gasteiger partial charge in [-0.1, -0.05) is 0 Å². The number of aromatic amines is 1. The molecule has 5 nitrogen and oxygen atoms in total. The minimum atomic E-state index is -0.486. The monoisotopic (exact) mass is 300 g/mol. The molecule has 1 aliphatic heterocycles. The topological polar surface area (TPSA) is 62.4 Å². The number of aldehydes is 1. The Morgan fingerprint density at radius 3 is 2.77 bits per heavy atom. The molecule has 2 heterocycles. The lowest BCUT2D eigenvalue weighted by molar-refractivity contribution is 0.0518. The fourth-order valence-electron chi connectivity index (χ4n) is 3.04. The SMILES string of the molecule is CCOC(=O)c1[nH]c2ccc(N3CCCCC3)cc2c1C=O. The number of benzene rings is 1. The Balaban J connectivity index is 2.03. The lowest BCUT2D eigenvalue weighted by atomic mass is 10.1. The summed E-state index contributed by atoms with van der Waals surface area (Å²) in [6.45, 7) is 4.11. The first-order valence-electron chi connectivity index (χ1n) is 7.77. The van der Waals surface area contributed by atoms with Gasteiger partial charge in [0.15, 0.2) is 6.29 Å². The molecule has 1 fully saturated rings. The van der Waals surface area contributed by atoms with Crippen LogP contribution in [0.5, 0.6) is 0 Å². The fourth-order valence-corrected chi connectivity index (χ4v) is 3.04. The van der Waals surface area contributed by atoms with Crippen molar-refractivity contribution in [2.45, 2.75) is 26.2 Å². The van der Waals surface area contributed by atoms with Gasteiger partial charge in [0.05, 0.1) is 12.2 Å². The molecule has 22 heavy (non-hydrogen) atoms. The van der Waals surface area contributed by atoms with Gasteiger partial charge in [0.2, 0.25) is 0 Å². The Morgan fingerprint density at radius 2 is 2.09 bits per heavy atom. The summed E-state index contributed by atoms with van der Waals surface area (Å²) in [5.74, 6) is -0.486. The van der Waals surface area contributed by atoms with E-state index in [0.29, 0.717) is 5.56 Å². The Kier molecular flexibility index (Phi) is 4.13. The van der Waals surface area contributed by atoms with E-state index in [1.165, 1.54) is 19.3 Å².